The number of aromatic nitrogens is 1. The number of fused-ring (bicyclic) bond motifs is 1. The van der Waals surface area contributed by atoms with Gasteiger partial charge < -0.3 is 9.88 Å². The molecule has 1 amide bonds. The quantitative estimate of drug-likeness (QED) is 0.553. The first-order valence-electron chi connectivity index (χ1n) is 9.15. The summed E-state index contributed by atoms with van der Waals surface area (Å²) in [5, 5.41) is 12.4. The second kappa shape index (κ2) is 6.87. The first-order chi connectivity index (χ1) is 13.1. The van der Waals surface area contributed by atoms with E-state index < -0.39 is 4.92 Å². The van der Waals surface area contributed by atoms with Gasteiger partial charge in [0, 0.05) is 47.4 Å². The van der Waals surface area contributed by atoms with E-state index in [0.29, 0.717) is 30.1 Å². The van der Waals surface area contributed by atoms with Gasteiger partial charge in [0.2, 0.25) is 0 Å². The Labute approximate surface area is 157 Å². The van der Waals surface area contributed by atoms with Crippen LogP contribution in [-0.2, 0) is 0 Å². The Morgan fingerprint density at radius 1 is 1.15 bits per heavy atom. The molecule has 6 nitrogen and oxygen atoms in total. The van der Waals surface area contributed by atoms with Gasteiger partial charge in [-0.05, 0) is 43.4 Å². The van der Waals surface area contributed by atoms with Gasteiger partial charge >= 0.3 is 0 Å². The maximum absolute atomic E-state index is 12.9. The predicted molar refractivity (Wildman–Crippen MR) is 104 cm³/mol. The van der Waals surface area contributed by atoms with Gasteiger partial charge in [-0.2, -0.15) is 0 Å². The summed E-state index contributed by atoms with van der Waals surface area (Å²) in [6, 6.07) is 13.0. The Morgan fingerprint density at radius 3 is 2.63 bits per heavy atom. The Balaban J connectivity index is 1.50. The minimum atomic E-state index is -0.435. The number of piperidine rings is 1. The molecule has 138 valence electrons. The number of carbonyl (C=O) groups is 1. The topological polar surface area (TPSA) is 79.2 Å². The van der Waals surface area contributed by atoms with E-state index in [1.165, 1.54) is 17.0 Å². The Hall–Kier alpha value is -3.15. The summed E-state index contributed by atoms with van der Waals surface area (Å²) in [6.45, 7) is 2.96. The van der Waals surface area contributed by atoms with Gasteiger partial charge in [-0.25, -0.2) is 0 Å². The molecule has 4 rings (SSSR count). The van der Waals surface area contributed by atoms with Crippen LogP contribution >= 0.6 is 0 Å². The van der Waals surface area contributed by atoms with Crippen LogP contribution in [0.1, 0.15) is 40.2 Å². The van der Waals surface area contributed by atoms with Crippen molar-refractivity contribution < 1.29 is 9.72 Å². The summed E-state index contributed by atoms with van der Waals surface area (Å²) in [4.78, 5) is 28.7. The number of hydrogen-bond acceptors (Lipinski definition) is 3. The number of H-pyrrole nitrogens is 1. The molecule has 1 aromatic heterocycles. The lowest BCUT2D eigenvalue weighted by atomic mass is 9.89. The third-order valence-corrected chi connectivity index (χ3v) is 5.58. The fourth-order valence-corrected chi connectivity index (χ4v) is 4.05. The van der Waals surface area contributed by atoms with Crippen LogP contribution in [0.3, 0.4) is 0 Å². The lowest BCUT2D eigenvalue weighted by Crippen LogP contribution is -2.38. The van der Waals surface area contributed by atoms with Crippen LogP contribution in [-0.4, -0.2) is 33.8 Å². The van der Waals surface area contributed by atoms with Crippen molar-refractivity contribution in [2.24, 2.45) is 0 Å². The van der Waals surface area contributed by atoms with Crippen LogP contribution in [0.4, 0.5) is 5.69 Å². The lowest BCUT2D eigenvalue weighted by Gasteiger charge is -2.32. The highest BCUT2D eigenvalue weighted by atomic mass is 16.6. The zero-order chi connectivity index (χ0) is 19.0. The minimum Gasteiger partial charge on any atom is -0.361 e. The number of nitrogens with zero attached hydrogens (tertiary/aromatic N) is 2. The Kier molecular flexibility index (Phi) is 4.39. The maximum Gasteiger partial charge on any atom is 0.273 e. The Bertz CT molecular complexity index is 1020. The molecule has 3 aromatic rings. The third kappa shape index (κ3) is 3.07. The van der Waals surface area contributed by atoms with Crippen LogP contribution in [0.2, 0.25) is 0 Å². The van der Waals surface area contributed by atoms with Crippen molar-refractivity contribution in [2.75, 3.05) is 13.1 Å². The molecule has 0 atom stereocenters. The molecule has 1 fully saturated rings. The smallest absolute Gasteiger partial charge is 0.273 e. The van der Waals surface area contributed by atoms with Gasteiger partial charge in [-0.3, -0.25) is 14.9 Å². The van der Waals surface area contributed by atoms with Crippen molar-refractivity contribution in [3.63, 3.8) is 0 Å². The number of hydrogen-bond donors (Lipinski definition) is 1. The fourth-order valence-electron chi connectivity index (χ4n) is 4.05. The van der Waals surface area contributed by atoms with Crippen molar-refractivity contribution in [1.82, 2.24) is 9.88 Å². The highest BCUT2D eigenvalue weighted by Gasteiger charge is 2.28. The number of para-hydroxylation sites is 1. The summed E-state index contributed by atoms with van der Waals surface area (Å²) < 4.78 is 0. The van der Waals surface area contributed by atoms with Gasteiger partial charge in [0.05, 0.1) is 4.92 Å². The average Bonchev–Trinajstić information content (AvgIpc) is 3.12. The molecule has 0 aliphatic carbocycles. The molecular formula is C21H21N3O3. The first-order valence-corrected chi connectivity index (χ1v) is 9.15. The van der Waals surface area contributed by atoms with Gasteiger partial charge in [0.1, 0.15) is 0 Å². The molecule has 1 aliphatic heterocycles. The molecule has 6 heteroatoms. The van der Waals surface area contributed by atoms with Gasteiger partial charge in [0.25, 0.3) is 11.6 Å². The largest absolute Gasteiger partial charge is 0.361 e. The van der Waals surface area contributed by atoms with Gasteiger partial charge in [-0.15, -0.1) is 0 Å². The number of nitrogens with one attached hydrogen (secondary N) is 1. The number of rotatable bonds is 3. The van der Waals surface area contributed by atoms with Crippen LogP contribution in [0.25, 0.3) is 10.9 Å². The number of benzene rings is 2. The fraction of sp³-hybridized carbons (Fsp3) is 0.286. The van der Waals surface area contributed by atoms with Crippen LogP contribution in [0.5, 0.6) is 0 Å². The molecule has 0 bridgehead atoms. The number of nitro benzene ring substituents is 1. The second-order valence-electron chi connectivity index (χ2n) is 7.06. The monoisotopic (exact) mass is 363 g/mol. The van der Waals surface area contributed by atoms with Gasteiger partial charge in [0.15, 0.2) is 0 Å². The molecule has 2 heterocycles. The van der Waals surface area contributed by atoms with Crippen molar-refractivity contribution in [3.05, 3.63) is 75.5 Å². The maximum atomic E-state index is 12.9. The van der Waals surface area contributed by atoms with E-state index in [0.717, 1.165) is 18.4 Å². The highest BCUT2D eigenvalue weighted by molar-refractivity contribution is 5.96. The molecular weight excluding hydrogens is 342 g/mol. The lowest BCUT2D eigenvalue weighted by molar-refractivity contribution is -0.385. The zero-order valence-corrected chi connectivity index (χ0v) is 15.1. The zero-order valence-electron chi connectivity index (χ0n) is 15.1. The van der Waals surface area contributed by atoms with Crippen molar-refractivity contribution in [2.45, 2.75) is 25.7 Å². The average molecular weight is 363 g/mol. The summed E-state index contributed by atoms with van der Waals surface area (Å²) in [5.74, 6) is 0.296. The molecule has 0 saturated carbocycles. The SMILES string of the molecule is Cc1c(C(=O)N2CCC(c3c[nH]c4ccccc34)CC2)cccc1[N+](=O)[O-]. The summed E-state index contributed by atoms with van der Waals surface area (Å²) in [5.41, 5.74) is 3.30. The van der Waals surface area contributed by atoms with E-state index >= 15 is 0 Å². The third-order valence-electron chi connectivity index (χ3n) is 5.58. The Morgan fingerprint density at radius 2 is 1.89 bits per heavy atom. The van der Waals surface area contributed by atoms with E-state index in [9.17, 15) is 14.9 Å². The van der Waals surface area contributed by atoms with Crippen LogP contribution < -0.4 is 0 Å². The van der Waals surface area contributed by atoms with E-state index in [-0.39, 0.29) is 11.6 Å². The van der Waals surface area contributed by atoms with Crippen LogP contribution in [0.15, 0.2) is 48.7 Å². The normalized spacial score (nSPS) is 15.2. The number of likely N-dealkylation sites (tertiary alicyclic amines) is 1. The van der Waals surface area contributed by atoms with E-state index in [4.69, 9.17) is 0 Å². The van der Waals surface area contributed by atoms with E-state index in [1.54, 1.807) is 19.1 Å². The molecule has 0 unspecified atom stereocenters. The number of amides is 1. The van der Waals surface area contributed by atoms with Crippen molar-refractivity contribution in [1.29, 1.82) is 0 Å². The summed E-state index contributed by atoms with van der Waals surface area (Å²) in [7, 11) is 0. The first kappa shape index (κ1) is 17.3. The molecule has 0 radical (unpaired) electrons. The van der Waals surface area contributed by atoms with Crippen molar-refractivity contribution in [3.8, 4) is 0 Å². The van der Waals surface area contributed by atoms with Gasteiger partial charge in [-0.1, -0.05) is 24.3 Å². The molecule has 1 aliphatic rings. The molecule has 2 aromatic carbocycles. The number of nitro groups is 1. The minimum absolute atomic E-state index is 0.00507. The summed E-state index contributed by atoms with van der Waals surface area (Å²) >= 11 is 0. The number of carbonyl (C=O) groups excluding carboxylic acids is 1. The predicted octanol–water partition coefficient (Wildman–Crippen LogP) is 4.40. The van der Waals surface area contributed by atoms with Crippen molar-refractivity contribution >= 4 is 22.5 Å². The van der Waals surface area contributed by atoms with Crippen LogP contribution in [0, 0.1) is 17.0 Å². The standard InChI is InChI=1S/C21H21N3O3/c1-14-16(6-4-8-20(14)24(26)27)21(25)23-11-9-15(10-12-23)18-13-22-19-7-3-2-5-17(18)19/h2-8,13,15,22H,9-12H2,1H3. The molecule has 27 heavy (non-hydrogen) atoms. The molecule has 0 spiro atoms. The van der Waals surface area contributed by atoms with E-state index in [2.05, 4.69) is 23.3 Å². The highest BCUT2D eigenvalue weighted by Crippen LogP contribution is 2.34. The molecule has 1 saturated heterocycles. The number of aromatic amines is 1. The second-order valence-corrected chi connectivity index (χ2v) is 7.06. The summed E-state index contributed by atoms with van der Waals surface area (Å²) in [6.07, 6.45) is 3.86. The van der Waals surface area contributed by atoms with E-state index in [1.807, 2.05) is 17.0 Å². The molecule has 1 N–H and O–H groups in total.